The van der Waals surface area contributed by atoms with Crippen LogP contribution in [0.5, 0.6) is 0 Å². The molecule has 1 heterocycles. The Kier molecular flexibility index (Phi) is 5.13. The zero-order valence-electron chi connectivity index (χ0n) is 12.6. The molecule has 3 heteroatoms. The first kappa shape index (κ1) is 14.5. The molecule has 0 atom stereocenters. The van der Waals surface area contributed by atoms with Crippen LogP contribution in [0, 0.1) is 6.92 Å². The Morgan fingerprint density at radius 3 is 2.70 bits per heavy atom. The number of hydrogen-bond donors (Lipinski definition) is 1. The van der Waals surface area contributed by atoms with Crippen molar-refractivity contribution < 1.29 is 0 Å². The fourth-order valence-corrected chi connectivity index (χ4v) is 2.10. The molecule has 0 radical (unpaired) electrons. The first-order chi connectivity index (χ1) is 9.70. The van der Waals surface area contributed by atoms with E-state index in [0.717, 1.165) is 31.0 Å². The Morgan fingerprint density at radius 2 is 2.05 bits per heavy atom. The van der Waals surface area contributed by atoms with E-state index in [1.807, 2.05) is 13.2 Å². The molecule has 0 fully saturated rings. The van der Waals surface area contributed by atoms with E-state index >= 15 is 0 Å². The second-order valence-corrected chi connectivity index (χ2v) is 5.10. The number of rotatable bonds is 6. The van der Waals surface area contributed by atoms with E-state index in [1.165, 1.54) is 11.1 Å². The van der Waals surface area contributed by atoms with Gasteiger partial charge in [0.05, 0.1) is 0 Å². The molecule has 0 aliphatic carbocycles. The van der Waals surface area contributed by atoms with E-state index in [9.17, 15) is 0 Å². The summed E-state index contributed by atoms with van der Waals surface area (Å²) in [6.45, 7) is 6.21. The lowest BCUT2D eigenvalue weighted by atomic mass is 10.2. The van der Waals surface area contributed by atoms with E-state index in [0.29, 0.717) is 0 Å². The Balaban J connectivity index is 2.05. The fraction of sp³-hybridized carbons (Fsp3) is 0.353. The summed E-state index contributed by atoms with van der Waals surface area (Å²) < 4.78 is 0. The second kappa shape index (κ2) is 7.06. The number of benzene rings is 1. The Morgan fingerprint density at radius 1 is 1.20 bits per heavy atom. The van der Waals surface area contributed by atoms with Gasteiger partial charge in [-0.3, -0.25) is 0 Å². The van der Waals surface area contributed by atoms with Gasteiger partial charge in [-0.2, -0.15) is 0 Å². The minimum atomic E-state index is 0.884. The molecule has 3 nitrogen and oxygen atoms in total. The quantitative estimate of drug-likeness (QED) is 0.811. The minimum Gasteiger partial charge on any atom is -0.329 e. The number of nitrogens with zero attached hydrogens (tertiary/aromatic N) is 2. The number of anilines is 2. The highest BCUT2D eigenvalue weighted by Crippen LogP contribution is 2.22. The third kappa shape index (κ3) is 3.81. The van der Waals surface area contributed by atoms with Crippen molar-refractivity contribution in [3.63, 3.8) is 0 Å². The maximum absolute atomic E-state index is 4.55. The van der Waals surface area contributed by atoms with Crippen LogP contribution in [0.2, 0.25) is 0 Å². The van der Waals surface area contributed by atoms with Gasteiger partial charge in [0, 0.05) is 25.5 Å². The molecule has 106 valence electrons. The van der Waals surface area contributed by atoms with Crippen LogP contribution in [-0.4, -0.2) is 18.6 Å². The first-order valence-electron chi connectivity index (χ1n) is 7.16. The van der Waals surface area contributed by atoms with Crippen molar-refractivity contribution in [2.75, 3.05) is 18.5 Å². The van der Waals surface area contributed by atoms with Crippen LogP contribution in [0.4, 0.5) is 11.5 Å². The fourth-order valence-electron chi connectivity index (χ4n) is 2.10. The molecule has 1 aromatic carbocycles. The van der Waals surface area contributed by atoms with E-state index in [-0.39, 0.29) is 0 Å². The van der Waals surface area contributed by atoms with Gasteiger partial charge < -0.3 is 10.2 Å². The standard InChI is InChI=1S/C17H23N3/c1-4-10-18-12-15-8-9-17(19-13-15)20(3)16-7-5-6-14(2)11-16/h5-9,11,13,18H,4,10,12H2,1-3H3. The minimum absolute atomic E-state index is 0.884. The van der Waals surface area contributed by atoms with Gasteiger partial charge in [0.1, 0.15) is 5.82 Å². The summed E-state index contributed by atoms with van der Waals surface area (Å²) in [5.74, 6) is 0.967. The van der Waals surface area contributed by atoms with Crippen LogP contribution in [0.3, 0.4) is 0 Å². The largest absolute Gasteiger partial charge is 0.329 e. The van der Waals surface area contributed by atoms with Crippen molar-refractivity contribution in [3.05, 3.63) is 53.7 Å². The highest BCUT2D eigenvalue weighted by atomic mass is 15.2. The number of aromatic nitrogens is 1. The lowest BCUT2D eigenvalue weighted by Crippen LogP contribution is -2.15. The summed E-state index contributed by atoms with van der Waals surface area (Å²) in [5.41, 5.74) is 3.64. The zero-order chi connectivity index (χ0) is 14.4. The summed E-state index contributed by atoms with van der Waals surface area (Å²) >= 11 is 0. The van der Waals surface area contributed by atoms with Gasteiger partial charge in [0.15, 0.2) is 0 Å². The molecule has 0 aliphatic heterocycles. The summed E-state index contributed by atoms with van der Waals surface area (Å²) in [4.78, 5) is 6.66. The monoisotopic (exact) mass is 269 g/mol. The average Bonchev–Trinajstić information content (AvgIpc) is 2.47. The molecule has 0 saturated heterocycles. The predicted molar refractivity (Wildman–Crippen MR) is 85.5 cm³/mol. The topological polar surface area (TPSA) is 28.2 Å². The maximum Gasteiger partial charge on any atom is 0.132 e. The van der Waals surface area contributed by atoms with Gasteiger partial charge in [-0.25, -0.2) is 4.98 Å². The SMILES string of the molecule is CCCNCc1ccc(N(C)c2cccc(C)c2)nc1. The molecule has 0 saturated carbocycles. The predicted octanol–water partition coefficient (Wildman–Crippen LogP) is 3.66. The van der Waals surface area contributed by atoms with Crippen LogP contribution in [0.25, 0.3) is 0 Å². The normalized spacial score (nSPS) is 10.6. The van der Waals surface area contributed by atoms with Gasteiger partial charge in [0.2, 0.25) is 0 Å². The molecule has 0 bridgehead atoms. The van der Waals surface area contributed by atoms with Crippen LogP contribution in [-0.2, 0) is 6.54 Å². The number of hydrogen-bond acceptors (Lipinski definition) is 3. The van der Waals surface area contributed by atoms with Crippen molar-refractivity contribution >= 4 is 11.5 Å². The van der Waals surface area contributed by atoms with E-state index in [4.69, 9.17) is 0 Å². The second-order valence-electron chi connectivity index (χ2n) is 5.10. The Hall–Kier alpha value is -1.87. The van der Waals surface area contributed by atoms with Crippen molar-refractivity contribution in [2.24, 2.45) is 0 Å². The van der Waals surface area contributed by atoms with Crippen molar-refractivity contribution in [2.45, 2.75) is 26.8 Å². The number of aryl methyl sites for hydroxylation is 1. The van der Waals surface area contributed by atoms with Crippen LogP contribution in [0.15, 0.2) is 42.6 Å². The molecular weight excluding hydrogens is 246 g/mol. The van der Waals surface area contributed by atoms with Crippen LogP contribution < -0.4 is 10.2 Å². The van der Waals surface area contributed by atoms with Gasteiger partial charge in [0.25, 0.3) is 0 Å². The zero-order valence-corrected chi connectivity index (χ0v) is 12.6. The van der Waals surface area contributed by atoms with E-state index in [2.05, 4.69) is 65.4 Å². The summed E-state index contributed by atoms with van der Waals surface area (Å²) in [6.07, 6.45) is 3.10. The first-order valence-corrected chi connectivity index (χ1v) is 7.16. The van der Waals surface area contributed by atoms with Gasteiger partial charge >= 0.3 is 0 Å². The smallest absolute Gasteiger partial charge is 0.132 e. The molecule has 0 unspecified atom stereocenters. The maximum atomic E-state index is 4.55. The molecule has 0 spiro atoms. The van der Waals surface area contributed by atoms with Crippen LogP contribution >= 0.6 is 0 Å². The molecule has 0 amide bonds. The lowest BCUT2D eigenvalue weighted by Gasteiger charge is -2.19. The molecule has 2 rings (SSSR count). The van der Waals surface area contributed by atoms with Crippen molar-refractivity contribution in [1.29, 1.82) is 0 Å². The number of nitrogens with one attached hydrogen (secondary N) is 1. The molecule has 0 aliphatic rings. The highest BCUT2D eigenvalue weighted by molar-refractivity contribution is 5.59. The van der Waals surface area contributed by atoms with Crippen molar-refractivity contribution in [3.8, 4) is 0 Å². The summed E-state index contributed by atoms with van der Waals surface area (Å²) in [5, 5.41) is 3.39. The Bertz CT molecular complexity index is 534. The van der Waals surface area contributed by atoms with Gasteiger partial charge in [-0.15, -0.1) is 0 Å². The average molecular weight is 269 g/mol. The molecular formula is C17H23N3. The third-order valence-electron chi connectivity index (χ3n) is 3.30. The Labute approximate surface area is 121 Å². The lowest BCUT2D eigenvalue weighted by molar-refractivity contribution is 0.674. The van der Waals surface area contributed by atoms with E-state index in [1.54, 1.807) is 0 Å². The highest BCUT2D eigenvalue weighted by Gasteiger charge is 2.05. The third-order valence-corrected chi connectivity index (χ3v) is 3.30. The summed E-state index contributed by atoms with van der Waals surface area (Å²) in [6, 6.07) is 12.7. The molecule has 1 N–H and O–H groups in total. The molecule has 1 aromatic heterocycles. The van der Waals surface area contributed by atoms with Crippen molar-refractivity contribution in [1.82, 2.24) is 10.3 Å². The molecule has 2 aromatic rings. The van der Waals surface area contributed by atoms with Gasteiger partial charge in [-0.1, -0.05) is 25.1 Å². The van der Waals surface area contributed by atoms with E-state index < -0.39 is 0 Å². The number of pyridine rings is 1. The van der Waals surface area contributed by atoms with Gasteiger partial charge in [-0.05, 0) is 49.2 Å². The summed E-state index contributed by atoms with van der Waals surface area (Å²) in [7, 11) is 2.05. The molecule has 20 heavy (non-hydrogen) atoms. The van der Waals surface area contributed by atoms with Crippen LogP contribution in [0.1, 0.15) is 24.5 Å².